The van der Waals surface area contributed by atoms with Crippen LogP contribution in [0.4, 0.5) is 0 Å². The first-order valence-electron chi connectivity index (χ1n) is 9.00. The van der Waals surface area contributed by atoms with Crippen LogP contribution in [0.3, 0.4) is 0 Å². The van der Waals surface area contributed by atoms with Crippen molar-refractivity contribution in [2.24, 2.45) is 5.92 Å². The van der Waals surface area contributed by atoms with Crippen molar-refractivity contribution >= 4 is 5.97 Å². The molecule has 0 saturated carbocycles. The molecule has 0 fully saturated rings. The maximum absolute atomic E-state index is 11.9. The maximum Gasteiger partial charge on any atom is 0.333 e. The Morgan fingerprint density at radius 2 is 1.57 bits per heavy atom. The summed E-state index contributed by atoms with van der Waals surface area (Å²) in [5, 5.41) is 0. The van der Waals surface area contributed by atoms with Crippen molar-refractivity contribution in [1.29, 1.82) is 0 Å². The van der Waals surface area contributed by atoms with Gasteiger partial charge in [0.1, 0.15) is 0 Å². The van der Waals surface area contributed by atoms with Crippen LogP contribution in [0.1, 0.15) is 91.4 Å². The van der Waals surface area contributed by atoms with Gasteiger partial charge in [-0.1, -0.05) is 85.1 Å². The largest absolute Gasteiger partial charge is 0.462 e. The molecule has 0 heterocycles. The van der Waals surface area contributed by atoms with Gasteiger partial charge in [-0.2, -0.15) is 0 Å². The van der Waals surface area contributed by atoms with Gasteiger partial charge in [-0.25, -0.2) is 4.79 Å². The highest BCUT2D eigenvalue weighted by Gasteiger charge is 2.14. The molecule has 0 radical (unpaired) electrons. The van der Waals surface area contributed by atoms with E-state index in [9.17, 15) is 4.79 Å². The molecule has 0 saturated heterocycles. The minimum Gasteiger partial charge on any atom is -0.462 e. The summed E-state index contributed by atoms with van der Waals surface area (Å²) in [6, 6.07) is 0. The Morgan fingerprint density at radius 1 is 0.952 bits per heavy atom. The predicted octanol–water partition coefficient (Wildman–Crippen LogP) is 6.05. The Balaban J connectivity index is 3.71. The van der Waals surface area contributed by atoms with E-state index in [1.54, 1.807) is 0 Å². The zero-order valence-electron chi connectivity index (χ0n) is 14.6. The highest BCUT2D eigenvalue weighted by atomic mass is 16.5. The molecule has 2 heteroatoms. The number of unbranched alkanes of at least 4 members (excludes halogenated alkanes) is 6. The van der Waals surface area contributed by atoms with Crippen LogP contribution in [0, 0.1) is 5.92 Å². The number of hydrogen-bond donors (Lipinski definition) is 0. The van der Waals surface area contributed by atoms with Gasteiger partial charge in [0, 0.05) is 5.57 Å². The van der Waals surface area contributed by atoms with E-state index in [1.165, 1.54) is 44.9 Å². The number of carbonyl (C=O) groups excluding carboxylic acids is 1. The Bertz CT molecular complexity index is 271. The van der Waals surface area contributed by atoms with Gasteiger partial charge in [0.15, 0.2) is 0 Å². The second-order valence-electron chi connectivity index (χ2n) is 6.13. The lowest BCUT2D eigenvalue weighted by Gasteiger charge is -2.15. The Kier molecular flexibility index (Phi) is 13.6. The van der Waals surface area contributed by atoms with Crippen molar-refractivity contribution in [2.45, 2.75) is 91.4 Å². The van der Waals surface area contributed by atoms with Gasteiger partial charge in [-0.05, 0) is 18.8 Å². The second kappa shape index (κ2) is 14.2. The third-order valence-corrected chi connectivity index (χ3v) is 4.10. The average Bonchev–Trinajstić information content (AvgIpc) is 2.49. The van der Waals surface area contributed by atoms with Crippen LogP contribution in [0.25, 0.3) is 0 Å². The van der Waals surface area contributed by atoms with Crippen LogP contribution in [-0.4, -0.2) is 12.6 Å². The molecule has 2 nitrogen and oxygen atoms in total. The highest BCUT2D eigenvalue weighted by molar-refractivity contribution is 5.87. The second-order valence-corrected chi connectivity index (χ2v) is 6.13. The SMILES string of the molecule is C=C(CC(CC)CCCC)C(=O)OCCCCCCCC. The van der Waals surface area contributed by atoms with Crippen LogP contribution in [-0.2, 0) is 9.53 Å². The van der Waals surface area contributed by atoms with Crippen LogP contribution in [0.15, 0.2) is 12.2 Å². The summed E-state index contributed by atoms with van der Waals surface area (Å²) >= 11 is 0. The fraction of sp³-hybridized carbons (Fsp3) is 0.842. The normalized spacial score (nSPS) is 12.1. The molecule has 0 aromatic carbocycles. The van der Waals surface area contributed by atoms with E-state index >= 15 is 0 Å². The van der Waals surface area contributed by atoms with Crippen molar-refractivity contribution in [3.05, 3.63) is 12.2 Å². The zero-order valence-corrected chi connectivity index (χ0v) is 14.6. The summed E-state index contributed by atoms with van der Waals surface area (Å²) in [6.07, 6.45) is 12.8. The summed E-state index contributed by atoms with van der Waals surface area (Å²) in [6.45, 7) is 11.1. The first-order chi connectivity index (χ1) is 10.2. The smallest absolute Gasteiger partial charge is 0.333 e. The third-order valence-electron chi connectivity index (χ3n) is 4.10. The van der Waals surface area contributed by atoms with Gasteiger partial charge in [0.05, 0.1) is 6.61 Å². The topological polar surface area (TPSA) is 26.3 Å². The van der Waals surface area contributed by atoms with Crippen molar-refractivity contribution in [3.63, 3.8) is 0 Å². The number of ether oxygens (including phenoxy) is 1. The summed E-state index contributed by atoms with van der Waals surface area (Å²) in [7, 11) is 0. The number of hydrogen-bond acceptors (Lipinski definition) is 2. The maximum atomic E-state index is 11.9. The minimum atomic E-state index is -0.182. The molecule has 1 atom stereocenters. The van der Waals surface area contributed by atoms with E-state index < -0.39 is 0 Å². The van der Waals surface area contributed by atoms with E-state index in [4.69, 9.17) is 4.74 Å². The Morgan fingerprint density at radius 3 is 2.19 bits per heavy atom. The monoisotopic (exact) mass is 296 g/mol. The molecule has 0 bridgehead atoms. The molecular formula is C19H36O2. The van der Waals surface area contributed by atoms with Crippen LogP contribution < -0.4 is 0 Å². The molecule has 0 spiro atoms. The lowest BCUT2D eigenvalue weighted by atomic mass is 9.92. The van der Waals surface area contributed by atoms with Crippen LogP contribution in [0.5, 0.6) is 0 Å². The quantitative estimate of drug-likeness (QED) is 0.221. The lowest BCUT2D eigenvalue weighted by molar-refractivity contribution is -0.139. The number of esters is 1. The van der Waals surface area contributed by atoms with Gasteiger partial charge in [-0.15, -0.1) is 0 Å². The fourth-order valence-electron chi connectivity index (χ4n) is 2.52. The van der Waals surface area contributed by atoms with Gasteiger partial charge in [0.2, 0.25) is 0 Å². The van der Waals surface area contributed by atoms with Gasteiger partial charge in [-0.3, -0.25) is 0 Å². The van der Waals surface area contributed by atoms with E-state index in [0.717, 1.165) is 25.7 Å². The van der Waals surface area contributed by atoms with Gasteiger partial charge >= 0.3 is 5.97 Å². The van der Waals surface area contributed by atoms with E-state index in [-0.39, 0.29) is 5.97 Å². The van der Waals surface area contributed by atoms with Crippen molar-refractivity contribution in [3.8, 4) is 0 Å². The molecule has 0 N–H and O–H groups in total. The van der Waals surface area contributed by atoms with Gasteiger partial charge < -0.3 is 4.74 Å². The standard InChI is InChI=1S/C19H36O2/c1-5-8-10-11-12-13-15-21-19(20)17(4)16-18(7-3)14-9-6-2/h18H,4-16H2,1-3H3. The molecule has 0 aromatic rings. The first kappa shape index (κ1) is 20.2. The number of carbonyl (C=O) groups is 1. The Hall–Kier alpha value is -0.790. The summed E-state index contributed by atoms with van der Waals surface area (Å²) in [4.78, 5) is 11.9. The van der Waals surface area contributed by atoms with E-state index in [1.807, 2.05) is 0 Å². The Labute approximate surface area is 132 Å². The van der Waals surface area contributed by atoms with Crippen LogP contribution in [0.2, 0.25) is 0 Å². The molecule has 1 unspecified atom stereocenters. The molecule has 0 aromatic heterocycles. The van der Waals surface area contributed by atoms with Crippen LogP contribution >= 0.6 is 0 Å². The minimum absolute atomic E-state index is 0.182. The molecule has 0 amide bonds. The molecule has 124 valence electrons. The van der Waals surface area contributed by atoms with Crippen molar-refractivity contribution < 1.29 is 9.53 Å². The molecule has 0 aliphatic heterocycles. The fourth-order valence-corrected chi connectivity index (χ4v) is 2.52. The van der Waals surface area contributed by atoms with Crippen molar-refractivity contribution in [1.82, 2.24) is 0 Å². The molecule has 0 aliphatic carbocycles. The molecule has 0 aliphatic rings. The van der Waals surface area contributed by atoms with E-state index in [2.05, 4.69) is 27.4 Å². The van der Waals surface area contributed by atoms with E-state index in [0.29, 0.717) is 18.1 Å². The molecular weight excluding hydrogens is 260 g/mol. The zero-order chi connectivity index (χ0) is 15.9. The first-order valence-corrected chi connectivity index (χ1v) is 9.00. The summed E-state index contributed by atoms with van der Waals surface area (Å²) in [5.74, 6) is 0.401. The average molecular weight is 296 g/mol. The van der Waals surface area contributed by atoms with Crippen molar-refractivity contribution in [2.75, 3.05) is 6.61 Å². The van der Waals surface area contributed by atoms with Gasteiger partial charge in [0.25, 0.3) is 0 Å². The third kappa shape index (κ3) is 11.5. The molecule has 21 heavy (non-hydrogen) atoms. The highest BCUT2D eigenvalue weighted by Crippen LogP contribution is 2.21. The summed E-state index contributed by atoms with van der Waals surface area (Å²) in [5.41, 5.74) is 0.656. The molecule has 0 rings (SSSR count). The lowest BCUT2D eigenvalue weighted by Crippen LogP contribution is -2.12. The predicted molar refractivity (Wildman–Crippen MR) is 91.4 cm³/mol. The summed E-state index contributed by atoms with van der Waals surface area (Å²) < 4.78 is 5.32. The number of rotatable bonds is 14.